The fraction of sp³-hybridized carbons (Fsp3) is 0.211. The zero-order valence-corrected chi connectivity index (χ0v) is 15.8. The average Bonchev–Trinajstić information content (AvgIpc) is 2.62. The van der Waals surface area contributed by atoms with Crippen molar-refractivity contribution in [3.63, 3.8) is 0 Å². The van der Waals surface area contributed by atoms with Crippen molar-refractivity contribution >= 4 is 28.6 Å². The summed E-state index contributed by atoms with van der Waals surface area (Å²) in [4.78, 5) is 31.1. The van der Waals surface area contributed by atoms with Crippen molar-refractivity contribution < 1.29 is 13.6 Å². The maximum Gasteiger partial charge on any atom is 0.266 e. The van der Waals surface area contributed by atoms with Crippen LogP contribution in [0.2, 0.25) is 0 Å². The minimum absolute atomic E-state index is 0.119. The third kappa shape index (κ3) is 3.71. The maximum atomic E-state index is 14.4. The summed E-state index contributed by atoms with van der Waals surface area (Å²) in [6.07, 6.45) is 0. The van der Waals surface area contributed by atoms with Crippen molar-refractivity contribution in [3.8, 4) is 5.69 Å². The monoisotopic (exact) mass is 389 g/mol. The summed E-state index contributed by atoms with van der Waals surface area (Å²) in [7, 11) is 3.25. The van der Waals surface area contributed by atoms with Gasteiger partial charge in [0.2, 0.25) is 5.91 Å². The van der Waals surface area contributed by atoms with Crippen molar-refractivity contribution in [1.82, 2.24) is 14.5 Å². The van der Waals surface area contributed by atoms with Gasteiger partial charge in [-0.1, -0.05) is 23.9 Å². The summed E-state index contributed by atoms with van der Waals surface area (Å²) in [5.74, 6) is -1.81. The van der Waals surface area contributed by atoms with E-state index in [1.54, 1.807) is 45.3 Å². The molecule has 5 nitrogen and oxygen atoms in total. The lowest BCUT2D eigenvalue weighted by molar-refractivity contribution is -0.127. The summed E-state index contributed by atoms with van der Waals surface area (Å²) >= 11 is 1.04. The molecule has 0 N–H and O–H groups in total. The Bertz CT molecular complexity index is 1080. The van der Waals surface area contributed by atoms with Gasteiger partial charge in [0.1, 0.15) is 11.6 Å². The molecule has 1 unspecified atom stereocenters. The van der Waals surface area contributed by atoms with Gasteiger partial charge >= 0.3 is 0 Å². The smallest absolute Gasteiger partial charge is 0.266 e. The molecule has 1 heterocycles. The lowest BCUT2D eigenvalue weighted by atomic mass is 10.2. The fourth-order valence-electron chi connectivity index (χ4n) is 2.64. The molecule has 0 aliphatic carbocycles. The van der Waals surface area contributed by atoms with Gasteiger partial charge < -0.3 is 4.90 Å². The normalized spacial score (nSPS) is 12.2. The van der Waals surface area contributed by atoms with Crippen LogP contribution < -0.4 is 5.56 Å². The van der Waals surface area contributed by atoms with Crippen LogP contribution in [0.4, 0.5) is 8.78 Å². The number of amides is 1. The van der Waals surface area contributed by atoms with E-state index in [1.807, 2.05) is 0 Å². The SMILES string of the molecule is CC(Sc1nc2ccccc2c(=O)n1-c1ccc(F)cc1F)C(=O)N(C)C. The Morgan fingerprint density at radius 2 is 1.89 bits per heavy atom. The minimum atomic E-state index is -0.886. The molecule has 3 aromatic rings. The Hall–Kier alpha value is -2.74. The zero-order chi connectivity index (χ0) is 19.7. The van der Waals surface area contributed by atoms with Gasteiger partial charge in [-0.25, -0.2) is 13.8 Å². The van der Waals surface area contributed by atoms with Crippen molar-refractivity contribution in [2.45, 2.75) is 17.3 Å². The number of halogens is 2. The quantitative estimate of drug-likeness (QED) is 0.508. The lowest BCUT2D eigenvalue weighted by Crippen LogP contribution is -2.31. The third-order valence-corrected chi connectivity index (χ3v) is 5.01. The van der Waals surface area contributed by atoms with Crippen LogP contribution >= 0.6 is 11.8 Å². The highest BCUT2D eigenvalue weighted by molar-refractivity contribution is 8.00. The lowest BCUT2D eigenvalue weighted by Gasteiger charge is -2.19. The molecule has 27 heavy (non-hydrogen) atoms. The van der Waals surface area contributed by atoms with Crippen LogP contribution in [0.25, 0.3) is 16.6 Å². The van der Waals surface area contributed by atoms with E-state index < -0.39 is 22.4 Å². The number of nitrogens with zero attached hydrogens (tertiary/aromatic N) is 3. The van der Waals surface area contributed by atoms with Gasteiger partial charge in [-0.15, -0.1) is 0 Å². The van der Waals surface area contributed by atoms with Gasteiger partial charge in [0.25, 0.3) is 5.56 Å². The van der Waals surface area contributed by atoms with Gasteiger partial charge in [0, 0.05) is 20.2 Å². The highest BCUT2D eigenvalue weighted by Gasteiger charge is 2.22. The second-order valence-corrected chi connectivity index (χ2v) is 7.45. The largest absolute Gasteiger partial charge is 0.348 e. The number of hydrogen-bond acceptors (Lipinski definition) is 4. The van der Waals surface area contributed by atoms with Gasteiger partial charge in [0.15, 0.2) is 5.16 Å². The van der Waals surface area contributed by atoms with Crippen molar-refractivity contribution in [1.29, 1.82) is 0 Å². The number of fused-ring (bicyclic) bond motifs is 1. The Morgan fingerprint density at radius 1 is 1.19 bits per heavy atom. The molecular formula is C19H17F2N3O2S. The molecule has 0 fully saturated rings. The van der Waals surface area contributed by atoms with E-state index in [0.29, 0.717) is 17.0 Å². The molecule has 1 atom stereocenters. The summed E-state index contributed by atoms with van der Waals surface area (Å²) in [5.41, 5.74) is -0.168. The minimum Gasteiger partial charge on any atom is -0.348 e. The molecule has 1 amide bonds. The molecule has 0 saturated heterocycles. The Morgan fingerprint density at radius 3 is 2.56 bits per heavy atom. The first-order valence-corrected chi connectivity index (χ1v) is 9.02. The molecule has 0 radical (unpaired) electrons. The Balaban J connectivity index is 2.24. The molecule has 0 aliphatic rings. The van der Waals surface area contributed by atoms with E-state index in [-0.39, 0.29) is 16.8 Å². The van der Waals surface area contributed by atoms with Crippen molar-refractivity contribution in [2.24, 2.45) is 0 Å². The number of benzene rings is 2. The maximum absolute atomic E-state index is 14.4. The third-order valence-electron chi connectivity index (χ3n) is 3.97. The van der Waals surface area contributed by atoms with Crippen LogP contribution in [-0.4, -0.2) is 39.7 Å². The van der Waals surface area contributed by atoms with E-state index in [1.165, 1.54) is 11.0 Å². The topological polar surface area (TPSA) is 55.2 Å². The predicted octanol–water partition coefficient (Wildman–Crippen LogP) is 3.23. The molecule has 0 aliphatic heterocycles. The highest BCUT2D eigenvalue weighted by atomic mass is 32.2. The van der Waals surface area contributed by atoms with Gasteiger partial charge in [-0.2, -0.15) is 0 Å². The second-order valence-electron chi connectivity index (χ2n) is 6.14. The van der Waals surface area contributed by atoms with Crippen LogP contribution in [0, 0.1) is 11.6 Å². The fourth-order valence-corrected chi connectivity index (χ4v) is 3.70. The van der Waals surface area contributed by atoms with E-state index >= 15 is 0 Å². The predicted molar refractivity (Wildman–Crippen MR) is 101 cm³/mol. The van der Waals surface area contributed by atoms with Gasteiger partial charge in [-0.05, 0) is 31.2 Å². The first kappa shape index (κ1) is 19.0. The molecule has 0 bridgehead atoms. The summed E-state index contributed by atoms with van der Waals surface area (Å²) in [5, 5.41) is -0.0908. The van der Waals surface area contributed by atoms with Crippen LogP contribution in [0.5, 0.6) is 0 Å². The standard InChI is InChI=1S/C19H17F2N3O2S/c1-11(17(25)23(2)3)27-19-22-15-7-5-4-6-13(15)18(26)24(19)16-9-8-12(20)10-14(16)21/h4-11H,1-3H3. The molecule has 8 heteroatoms. The van der Waals surface area contributed by atoms with Crippen LogP contribution in [0.3, 0.4) is 0 Å². The van der Waals surface area contributed by atoms with E-state index in [2.05, 4.69) is 4.98 Å². The molecule has 0 spiro atoms. The molecule has 1 aromatic heterocycles. The molecule has 140 valence electrons. The first-order chi connectivity index (χ1) is 12.8. The zero-order valence-electron chi connectivity index (χ0n) is 14.9. The summed E-state index contributed by atoms with van der Waals surface area (Å²) in [6, 6.07) is 9.64. The number of aromatic nitrogens is 2. The van der Waals surface area contributed by atoms with Crippen molar-refractivity contribution in [2.75, 3.05) is 14.1 Å². The van der Waals surface area contributed by atoms with Crippen LogP contribution in [0.1, 0.15) is 6.92 Å². The highest BCUT2D eigenvalue weighted by Crippen LogP contribution is 2.27. The number of para-hydroxylation sites is 1. The molecule has 0 saturated carbocycles. The van der Waals surface area contributed by atoms with Gasteiger partial charge in [-0.3, -0.25) is 14.2 Å². The van der Waals surface area contributed by atoms with Crippen LogP contribution in [-0.2, 0) is 4.79 Å². The van der Waals surface area contributed by atoms with E-state index in [4.69, 9.17) is 0 Å². The first-order valence-electron chi connectivity index (χ1n) is 8.14. The Kier molecular flexibility index (Phi) is 5.27. The number of carbonyl (C=O) groups is 1. The summed E-state index contributed by atoms with van der Waals surface area (Å²) < 4.78 is 28.8. The number of thioether (sulfide) groups is 1. The average molecular weight is 389 g/mol. The van der Waals surface area contributed by atoms with Crippen LogP contribution in [0.15, 0.2) is 52.4 Å². The van der Waals surface area contributed by atoms with Crippen molar-refractivity contribution in [3.05, 3.63) is 64.5 Å². The molecular weight excluding hydrogens is 372 g/mol. The van der Waals surface area contributed by atoms with E-state index in [9.17, 15) is 18.4 Å². The number of carbonyl (C=O) groups excluding carboxylic acids is 1. The summed E-state index contributed by atoms with van der Waals surface area (Å²) in [6.45, 7) is 1.68. The Labute approximate surface area is 158 Å². The number of rotatable bonds is 4. The molecule has 3 rings (SSSR count). The molecule has 2 aromatic carbocycles. The number of hydrogen-bond donors (Lipinski definition) is 0. The van der Waals surface area contributed by atoms with Gasteiger partial charge in [0.05, 0.1) is 21.8 Å². The second kappa shape index (κ2) is 7.48. The van der Waals surface area contributed by atoms with E-state index in [0.717, 1.165) is 22.4 Å².